The van der Waals surface area contributed by atoms with Gasteiger partial charge in [-0.3, -0.25) is 9.59 Å². The van der Waals surface area contributed by atoms with Gasteiger partial charge in [0.05, 0.1) is 18.9 Å². The van der Waals surface area contributed by atoms with Crippen LogP contribution in [0.15, 0.2) is 0 Å². The van der Waals surface area contributed by atoms with E-state index in [1.54, 1.807) is 11.8 Å². The molecule has 1 spiro atoms. The number of carbonyl (C=O) groups excluding carboxylic acids is 3. The minimum absolute atomic E-state index is 0.155. The van der Waals surface area contributed by atoms with Crippen LogP contribution in [-0.2, 0) is 19.1 Å². The molecule has 8 nitrogen and oxygen atoms in total. The Morgan fingerprint density at radius 1 is 1.11 bits per heavy atom. The number of nitrogens with one attached hydrogen (secondary N) is 1. The standard InChI is InChI=1S/C20H33N3O5/c1-2-28-17(24)6-9-21-19(26)23-14-16(18(25)22-10-4-3-5-11-22)20(15-23)7-12-27-13-8-20/h16H,2-15H2,1H3,(H,21,26)/t16-/m1/s1. The maximum atomic E-state index is 13.3. The lowest BCUT2D eigenvalue weighted by Gasteiger charge is -2.39. The highest BCUT2D eigenvalue weighted by molar-refractivity contribution is 5.83. The SMILES string of the molecule is CCOC(=O)CCNC(=O)N1C[C@H](C(=O)N2CCCCC2)C2(CCOCC2)C1. The molecular weight excluding hydrogens is 362 g/mol. The number of nitrogens with zero attached hydrogens (tertiary/aromatic N) is 2. The number of carbonyl (C=O) groups is 3. The van der Waals surface area contributed by atoms with Crippen molar-refractivity contribution in [2.75, 3.05) is 52.5 Å². The number of piperidine rings is 1. The van der Waals surface area contributed by atoms with Gasteiger partial charge in [0.1, 0.15) is 0 Å². The smallest absolute Gasteiger partial charge is 0.317 e. The van der Waals surface area contributed by atoms with Crippen LogP contribution in [-0.4, -0.2) is 80.3 Å². The average Bonchev–Trinajstić information content (AvgIpc) is 3.07. The lowest BCUT2D eigenvalue weighted by molar-refractivity contribution is -0.143. The molecule has 0 aromatic heterocycles. The minimum Gasteiger partial charge on any atom is -0.466 e. The molecule has 0 radical (unpaired) electrons. The second kappa shape index (κ2) is 9.58. The molecule has 0 unspecified atom stereocenters. The summed E-state index contributed by atoms with van der Waals surface area (Å²) in [6.45, 7) is 6.30. The molecule has 3 rings (SSSR count). The van der Waals surface area contributed by atoms with Crippen molar-refractivity contribution >= 4 is 17.9 Å². The third kappa shape index (κ3) is 4.77. The summed E-state index contributed by atoms with van der Waals surface area (Å²) in [5.74, 6) is -0.281. The van der Waals surface area contributed by atoms with Crippen molar-refractivity contribution in [3.63, 3.8) is 0 Å². The van der Waals surface area contributed by atoms with Gasteiger partial charge < -0.3 is 24.6 Å². The molecule has 0 aromatic carbocycles. The molecule has 1 N–H and O–H groups in total. The normalized spacial score (nSPS) is 24.2. The van der Waals surface area contributed by atoms with E-state index in [2.05, 4.69) is 5.32 Å². The van der Waals surface area contributed by atoms with Gasteiger partial charge in [-0.15, -0.1) is 0 Å². The molecule has 1 atom stereocenters. The Morgan fingerprint density at radius 3 is 2.50 bits per heavy atom. The molecule has 0 saturated carbocycles. The summed E-state index contributed by atoms with van der Waals surface area (Å²) in [5.41, 5.74) is -0.189. The van der Waals surface area contributed by atoms with E-state index < -0.39 is 0 Å². The molecule has 3 aliphatic rings. The van der Waals surface area contributed by atoms with Crippen molar-refractivity contribution in [3.8, 4) is 0 Å². The van der Waals surface area contributed by atoms with Gasteiger partial charge in [0.2, 0.25) is 5.91 Å². The Bertz CT molecular complexity index is 570. The van der Waals surface area contributed by atoms with Crippen LogP contribution in [0, 0.1) is 11.3 Å². The number of amides is 3. The average molecular weight is 396 g/mol. The molecular formula is C20H33N3O5. The minimum atomic E-state index is -0.316. The first-order valence-corrected chi connectivity index (χ1v) is 10.6. The number of hydrogen-bond acceptors (Lipinski definition) is 5. The van der Waals surface area contributed by atoms with Crippen LogP contribution in [0.2, 0.25) is 0 Å². The number of hydrogen-bond donors (Lipinski definition) is 1. The fourth-order valence-corrected chi connectivity index (χ4v) is 4.70. The maximum absolute atomic E-state index is 13.3. The second-order valence-corrected chi connectivity index (χ2v) is 8.08. The van der Waals surface area contributed by atoms with E-state index >= 15 is 0 Å². The van der Waals surface area contributed by atoms with Crippen LogP contribution >= 0.6 is 0 Å². The van der Waals surface area contributed by atoms with Crippen LogP contribution in [0.3, 0.4) is 0 Å². The van der Waals surface area contributed by atoms with Gasteiger partial charge in [0.15, 0.2) is 0 Å². The van der Waals surface area contributed by atoms with Crippen LogP contribution in [0.25, 0.3) is 0 Å². The highest BCUT2D eigenvalue weighted by atomic mass is 16.5. The summed E-state index contributed by atoms with van der Waals surface area (Å²) in [4.78, 5) is 41.1. The Morgan fingerprint density at radius 2 is 1.82 bits per heavy atom. The second-order valence-electron chi connectivity index (χ2n) is 8.08. The summed E-state index contributed by atoms with van der Waals surface area (Å²) in [6.07, 6.45) is 5.08. The summed E-state index contributed by atoms with van der Waals surface area (Å²) in [7, 11) is 0. The number of urea groups is 1. The Balaban J connectivity index is 1.62. The summed E-state index contributed by atoms with van der Waals surface area (Å²) < 4.78 is 10.4. The lowest BCUT2D eigenvalue weighted by Crippen LogP contribution is -2.47. The van der Waals surface area contributed by atoms with Gasteiger partial charge in [0.25, 0.3) is 0 Å². The molecule has 3 saturated heterocycles. The molecule has 0 aliphatic carbocycles. The van der Waals surface area contributed by atoms with E-state index in [1.807, 2.05) is 4.90 Å². The van der Waals surface area contributed by atoms with Crippen molar-refractivity contribution in [3.05, 3.63) is 0 Å². The van der Waals surface area contributed by atoms with Gasteiger partial charge >= 0.3 is 12.0 Å². The van der Waals surface area contributed by atoms with Gasteiger partial charge in [0, 0.05) is 51.4 Å². The highest BCUT2D eigenvalue weighted by Crippen LogP contribution is 2.45. The van der Waals surface area contributed by atoms with E-state index in [0.29, 0.717) is 32.9 Å². The topological polar surface area (TPSA) is 88.2 Å². The van der Waals surface area contributed by atoms with Crippen LogP contribution in [0.5, 0.6) is 0 Å². The highest BCUT2D eigenvalue weighted by Gasteiger charge is 2.52. The number of likely N-dealkylation sites (tertiary alicyclic amines) is 2. The fraction of sp³-hybridized carbons (Fsp3) is 0.850. The van der Waals surface area contributed by atoms with E-state index in [1.165, 1.54) is 6.42 Å². The Labute approximate surface area is 166 Å². The molecule has 158 valence electrons. The largest absolute Gasteiger partial charge is 0.466 e. The zero-order valence-electron chi connectivity index (χ0n) is 16.9. The Kier molecular flexibility index (Phi) is 7.15. The van der Waals surface area contributed by atoms with Crippen molar-refractivity contribution in [2.24, 2.45) is 11.3 Å². The Hall–Kier alpha value is -1.83. The van der Waals surface area contributed by atoms with Crippen molar-refractivity contribution < 1.29 is 23.9 Å². The molecule has 3 fully saturated rings. The van der Waals surface area contributed by atoms with Gasteiger partial charge in [-0.05, 0) is 39.0 Å². The third-order valence-corrected chi connectivity index (χ3v) is 6.30. The van der Waals surface area contributed by atoms with Gasteiger partial charge in [-0.1, -0.05) is 0 Å². The molecule has 3 amide bonds. The van der Waals surface area contributed by atoms with Crippen LogP contribution < -0.4 is 5.32 Å². The predicted octanol–water partition coefficient (Wildman–Crippen LogP) is 1.39. The zero-order valence-corrected chi connectivity index (χ0v) is 16.9. The number of esters is 1. The third-order valence-electron chi connectivity index (χ3n) is 6.30. The fourth-order valence-electron chi connectivity index (χ4n) is 4.70. The molecule has 0 bridgehead atoms. The molecule has 3 heterocycles. The van der Waals surface area contributed by atoms with Crippen molar-refractivity contribution in [1.82, 2.24) is 15.1 Å². The van der Waals surface area contributed by atoms with Crippen LogP contribution in [0.1, 0.15) is 45.4 Å². The first-order valence-electron chi connectivity index (χ1n) is 10.6. The maximum Gasteiger partial charge on any atom is 0.317 e. The monoisotopic (exact) mass is 395 g/mol. The predicted molar refractivity (Wildman–Crippen MR) is 103 cm³/mol. The summed E-state index contributed by atoms with van der Waals surface area (Å²) >= 11 is 0. The van der Waals surface area contributed by atoms with Crippen molar-refractivity contribution in [2.45, 2.75) is 45.4 Å². The van der Waals surface area contributed by atoms with Crippen molar-refractivity contribution in [1.29, 1.82) is 0 Å². The first kappa shape index (κ1) is 20.9. The van der Waals surface area contributed by atoms with Crippen LogP contribution in [0.4, 0.5) is 4.79 Å². The quantitative estimate of drug-likeness (QED) is 0.711. The van der Waals surface area contributed by atoms with Gasteiger partial charge in [-0.2, -0.15) is 0 Å². The zero-order chi connectivity index (χ0) is 20.0. The summed E-state index contributed by atoms with van der Waals surface area (Å²) in [6, 6.07) is -0.205. The summed E-state index contributed by atoms with van der Waals surface area (Å²) in [5, 5.41) is 2.80. The number of ether oxygens (including phenoxy) is 2. The van der Waals surface area contributed by atoms with E-state index in [0.717, 1.165) is 38.8 Å². The molecule has 8 heteroatoms. The molecule has 3 aliphatic heterocycles. The molecule has 0 aromatic rings. The number of rotatable bonds is 5. The van der Waals surface area contributed by atoms with Gasteiger partial charge in [-0.25, -0.2) is 4.79 Å². The first-order chi connectivity index (χ1) is 13.6. The van der Waals surface area contributed by atoms with E-state index in [9.17, 15) is 14.4 Å². The lowest BCUT2D eigenvalue weighted by atomic mass is 9.71. The van der Waals surface area contributed by atoms with E-state index in [-0.39, 0.29) is 42.2 Å². The van der Waals surface area contributed by atoms with E-state index in [4.69, 9.17) is 9.47 Å². The molecule has 28 heavy (non-hydrogen) atoms.